The monoisotopic (exact) mass is 435 g/mol. The Bertz CT molecular complexity index is 694. The molecule has 0 bridgehead atoms. The van der Waals surface area contributed by atoms with Crippen LogP contribution >= 0.6 is 15.9 Å². The van der Waals surface area contributed by atoms with Gasteiger partial charge in [0, 0.05) is 17.3 Å². The molecule has 1 aromatic carbocycles. The van der Waals surface area contributed by atoms with Gasteiger partial charge in [0.1, 0.15) is 5.76 Å². The number of benzene rings is 1. The molecule has 0 fully saturated rings. The van der Waals surface area contributed by atoms with Crippen LogP contribution in [-0.4, -0.2) is 22.9 Å². The Balaban J connectivity index is 1.90. The lowest BCUT2D eigenvalue weighted by Gasteiger charge is -2.03. The quantitative estimate of drug-likeness (QED) is 0.221. The number of hydrogen-bond acceptors (Lipinski definition) is 4. The summed E-state index contributed by atoms with van der Waals surface area (Å²) in [5.74, 6) is 0.637. The summed E-state index contributed by atoms with van der Waals surface area (Å²) in [6.07, 6.45) is 9.46. The first-order valence-corrected chi connectivity index (χ1v) is 11.1. The molecule has 2 aromatic rings. The van der Waals surface area contributed by atoms with Gasteiger partial charge in [0.05, 0.1) is 6.61 Å². The van der Waals surface area contributed by atoms with Gasteiger partial charge in [-0.05, 0) is 43.9 Å². The van der Waals surface area contributed by atoms with E-state index in [4.69, 9.17) is 9.15 Å². The highest BCUT2D eigenvalue weighted by Crippen LogP contribution is 2.24. The molecule has 0 saturated heterocycles. The molecule has 0 spiro atoms. The number of rotatable bonds is 12. The minimum absolute atomic E-state index is 0.290. The van der Waals surface area contributed by atoms with Crippen molar-refractivity contribution in [1.82, 2.24) is 4.98 Å². The summed E-state index contributed by atoms with van der Waals surface area (Å²) >= 11 is 3.47. The normalized spacial score (nSPS) is 10.9. The minimum Gasteiger partial charge on any atom is -0.461 e. The Hall–Kier alpha value is -1.62. The van der Waals surface area contributed by atoms with Crippen molar-refractivity contribution in [2.24, 2.45) is 0 Å². The Labute approximate surface area is 170 Å². The van der Waals surface area contributed by atoms with Crippen molar-refractivity contribution < 1.29 is 13.9 Å². The van der Waals surface area contributed by atoms with Crippen LogP contribution in [0.15, 0.2) is 28.7 Å². The number of hydrogen-bond donors (Lipinski definition) is 0. The van der Waals surface area contributed by atoms with Crippen LogP contribution in [0.4, 0.5) is 0 Å². The molecule has 0 saturated carbocycles. The minimum atomic E-state index is -0.419. The van der Waals surface area contributed by atoms with Crippen molar-refractivity contribution in [3.05, 3.63) is 41.3 Å². The van der Waals surface area contributed by atoms with Crippen LogP contribution in [0.25, 0.3) is 11.5 Å². The second-order valence-electron chi connectivity index (χ2n) is 6.62. The van der Waals surface area contributed by atoms with Gasteiger partial charge in [-0.2, -0.15) is 0 Å². The van der Waals surface area contributed by atoms with Gasteiger partial charge in [-0.15, -0.1) is 0 Å². The number of alkyl halides is 1. The van der Waals surface area contributed by atoms with Crippen LogP contribution in [0.1, 0.15) is 74.2 Å². The first-order valence-electron chi connectivity index (χ1n) is 10.0. The average Bonchev–Trinajstić information content (AvgIpc) is 3.12. The number of unbranched alkanes of at least 4 members (excludes halogenated alkanes) is 5. The maximum atomic E-state index is 12.0. The van der Waals surface area contributed by atoms with E-state index in [0.717, 1.165) is 17.3 Å². The maximum absolute atomic E-state index is 12.0. The molecule has 0 amide bonds. The van der Waals surface area contributed by atoms with E-state index in [-0.39, 0.29) is 0 Å². The number of aryl methyl sites for hydroxylation is 2. The van der Waals surface area contributed by atoms with Crippen LogP contribution < -0.4 is 0 Å². The van der Waals surface area contributed by atoms with Crippen LogP contribution in [0, 0.1) is 0 Å². The summed E-state index contributed by atoms with van der Waals surface area (Å²) in [5.41, 5.74) is 2.50. The molecule has 0 aliphatic heterocycles. The van der Waals surface area contributed by atoms with Gasteiger partial charge in [-0.25, -0.2) is 9.78 Å². The fourth-order valence-corrected chi connectivity index (χ4v) is 3.41. The fraction of sp³-hybridized carbons (Fsp3) is 0.545. The van der Waals surface area contributed by atoms with Gasteiger partial charge < -0.3 is 9.15 Å². The molecule has 5 heteroatoms. The third-order valence-electron chi connectivity index (χ3n) is 4.54. The first kappa shape index (κ1) is 21.7. The molecule has 0 N–H and O–H groups in total. The molecule has 4 nitrogen and oxygen atoms in total. The number of aromatic nitrogens is 1. The highest BCUT2D eigenvalue weighted by atomic mass is 79.9. The fourth-order valence-electron chi connectivity index (χ4n) is 3.02. The molecule has 0 aliphatic carbocycles. The van der Waals surface area contributed by atoms with E-state index in [2.05, 4.69) is 33.0 Å². The van der Waals surface area contributed by atoms with Crippen molar-refractivity contribution in [2.75, 3.05) is 11.9 Å². The second-order valence-corrected chi connectivity index (χ2v) is 7.42. The van der Waals surface area contributed by atoms with E-state index >= 15 is 0 Å². The summed E-state index contributed by atoms with van der Waals surface area (Å²) in [5, 5.41) is 1.12. The Kier molecular flexibility index (Phi) is 9.60. The zero-order chi connectivity index (χ0) is 19.5. The SMILES string of the molecule is CCOC(=O)c1nc(-c2ccc(CCCCCCCCBr)cc2)oc1CC. The van der Waals surface area contributed by atoms with Crippen LogP contribution in [0.2, 0.25) is 0 Å². The zero-order valence-electron chi connectivity index (χ0n) is 16.4. The predicted octanol–water partition coefficient (Wildman–Crippen LogP) is 6.36. The Morgan fingerprint density at radius 2 is 1.70 bits per heavy atom. The zero-order valence-corrected chi connectivity index (χ0v) is 18.0. The van der Waals surface area contributed by atoms with Gasteiger partial charge in [0.2, 0.25) is 5.89 Å². The van der Waals surface area contributed by atoms with Gasteiger partial charge in [-0.3, -0.25) is 0 Å². The number of esters is 1. The van der Waals surface area contributed by atoms with E-state index in [1.54, 1.807) is 6.92 Å². The highest BCUT2D eigenvalue weighted by molar-refractivity contribution is 9.09. The lowest BCUT2D eigenvalue weighted by molar-refractivity contribution is 0.0517. The number of carbonyl (C=O) groups excluding carboxylic acids is 1. The third-order valence-corrected chi connectivity index (χ3v) is 5.10. The van der Waals surface area contributed by atoms with Crippen LogP contribution in [-0.2, 0) is 17.6 Å². The van der Waals surface area contributed by atoms with E-state index in [0.29, 0.717) is 30.4 Å². The van der Waals surface area contributed by atoms with Gasteiger partial charge in [0.25, 0.3) is 0 Å². The topological polar surface area (TPSA) is 52.3 Å². The van der Waals surface area contributed by atoms with E-state index in [9.17, 15) is 4.79 Å². The third kappa shape index (κ3) is 6.80. The van der Waals surface area contributed by atoms with Crippen molar-refractivity contribution in [3.63, 3.8) is 0 Å². The van der Waals surface area contributed by atoms with Gasteiger partial charge in [-0.1, -0.05) is 60.7 Å². The number of ether oxygens (including phenoxy) is 1. The van der Waals surface area contributed by atoms with Crippen molar-refractivity contribution in [1.29, 1.82) is 0 Å². The van der Waals surface area contributed by atoms with Crippen molar-refractivity contribution >= 4 is 21.9 Å². The summed E-state index contributed by atoms with van der Waals surface area (Å²) in [6.45, 7) is 4.05. The highest BCUT2D eigenvalue weighted by Gasteiger charge is 2.20. The van der Waals surface area contributed by atoms with E-state index in [1.807, 2.05) is 19.1 Å². The molecule has 1 aromatic heterocycles. The molecule has 148 valence electrons. The smallest absolute Gasteiger partial charge is 0.360 e. The lowest BCUT2D eigenvalue weighted by Crippen LogP contribution is -2.07. The van der Waals surface area contributed by atoms with E-state index in [1.165, 1.54) is 44.1 Å². The molecule has 0 atom stereocenters. The largest absolute Gasteiger partial charge is 0.461 e. The maximum Gasteiger partial charge on any atom is 0.360 e. The molecule has 2 rings (SSSR count). The van der Waals surface area contributed by atoms with Crippen molar-refractivity contribution in [3.8, 4) is 11.5 Å². The molecular weight excluding hydrogens is 406 g/mol. The first-order chi connectivity index (χ1) is 13.2. The summed E-state index contributed by atoms with van der Waals surface area (Å²) < 4.78 is 10.8. The number of carbonyl (C=O) groups is 1. The predicted molar refractivity (Wildman–Crippen MR) is 112 cm³/mol. The molecule has 1 heterocycles. The second kappa shape index (κ2) is 12.0. The Morgan fingerprint density at radius 3 is 2.33 bits per heavy atom. The lowest BCUT2D eigenvalue weighted by atomic mass is 10.0. The van der Waals surface area contributed by atoms with Crippen LogP contribution in [0.5, 0.6) is 0 Å². The molecule has 27 heavy (non-hydrogen) atoms. The number of oxazole rings is 1. The summed E-state index contributed by atoms with van der Waals surface area (Å²) in [4.78, 5) is 16.4. The standard InChI is InChI=1S/C22H30BrNO3/c1-3-19-20(22(25)26-4-2)24-21(27-19)18-14-12-17(13-15-18)11-9-7-5-6-8-10-16-23/h12-15H,3-11,16H2,1-2H3. The average molecular weight is 436 g/mol. The summed E-state index contributed by atoms with van der Waals surface area (Å²) in [6, 6.07) is 8.29. The molecular formula is C22H30BrNO3. The van der Waals surface area contributed by atoms with Gasteiger partial charge >= 0.3 is 5.97 Å². The Morgan fingerprint density at radius 1 is 1.04 bits per heavy atom. The molecule has 0 aliphatic rings. The van der Waals surface area contributed by atoms with E-state index < -0.39 is 5.97 Å². The number of nitrogens with zero attached hydrogens (tertiary/aromatic N) is 1. The van der Waals surface area contributed by atoms with Gasteiger partial charge in [0.15, 0.2) is 5.69 Å². The molecule has 0 unspecified atom stereocenters. The van der Waals surface area contributed by atoms with Crippen LogP contribution in [0.3, 0.4) is 0 Å². The molecule has 0 radical (unpaired) electrons. The van der Waals surface area contributed by atoms with Crippen molar-refractivity contribution in [2.45, 2.75) is 65.2 Å². The number of halogens is 1. The summed E-state index contributed by atoms with van der Waals surface area (Å²) in [7, 11) is 0.